The summed E-state index contributed by atoms with van der Waals surface area (Å²) in [7, 11) is 0. The van der Waals surface area contributed by atoms with Gasteiger partial charge in [0.2, 0.25) is 0 Å². The molecule has 88 valence electrons. The molecule has 1 fully saturated rings. The van der Waals surface area contributed by atoms with Crippen molar-refractivity contribution in [2.24, 2.45) is 0 Å². The first-order chi connectivity index (χ1) is 7.74. The molecule has 16 heavy (non-hydrogen) atoms. The highest BCUT2D eigenvalue weighted by Gasteiger charge is 2.27. The molecule has 1 amide bonds. The molecular formula is C12H19N3O. The van der Waals surface area contributed by atoms with Crippen molar-refractivity contribution in [1.82, 2.24) is 15.1 Å². The minimum absolute atomic E-state index is 0.113. The quantitative estimate of drug-likeness (QED) is 0.831. The second kappa shape index (κ2) is 4.68. The molecule has 0 saturated carbocycles. The molecule has 1 atom stereocenters. The van der Waals surface area contributed by atoms with Gasteiger partial charge in [0.15, 0.2) is 0 Å². The fourth-order valence-electron chi connectivity index (χ4n) is 2.40. The van der Waals surface area contributed by atoms with Crippen LogP contribution in [0.2, 0.25) is 0 Å². The van der Waals surface area contributed by atoms with Crippen LogP contribution in [0.4, 0.5) is 0 Å². The van der Waals surface area contributed by atoms with Gasteiger partial charge in [0, 0.05) is 12.6 Å². The Morgan fingerprint density at radius 1 is 1.62 bits per heavy atom. The number of H-pyrrole nitrogens is 1. The van der Waals surface area contributed by atoms with E-state index in [9.17, 15) is 4.79 Å². The maximum absolute atomic E-state index is 12.3. The molecule has 2 heterocycles. The molecule has 1 aliphatic rings. The molecule has 1 saturated heterocycles. The van der Waals surface area contributed by atoms with Crippen molar-refractivity contribution >= 4 is 5.91 Å². The molecule has 0 bridgehead atoms. The van der Waals surface area contributed by atoms with Crippen LogP contribution in [0.1, 0.15) is 48.7 Å². The van der Waals surface area contributed by atoms with E-state index in [4.69, 9.17) is 0 Å². The number of piperidine rings is 1. The lowest BCUT2D eigenvalue weighted by Crippen LogP contribution is -2.43. The Hall–Kier alpha value is -1.32. The molecule has 2 rings (SSSR count). The Balaban J connectivity index is 2.17. The number of hydrogen-bond acceptors (Lipinski definition) is 2. The van der Waals surface area contributed by atoms with Gasteiger partial charge in [0.25, 0.3) is 5.91 Å². The fraction of sp³-hybridized carbons (Fsp3) is 0.667. The molecule has 0 radical (unpaired) electrons. The molecule has 0 aliphatic carbocycles. The van der Waals surface area contributed by atoms with Gasteiger partial charge in [0.1, 0.15) is 5.69 Å². The maximum atomic E-state index is 12.3. The fourth-order valence-corrected chi connectivity index (χ4v) is 2.40. The maximum Gasteiger partial charge on any atom is 0.272 e. The van der Waals surface area contributed by atoms with E-state index in [2.05, 4.69) is 17.1 Å². The van der Waals surface area contributed by atoms with Gasteiger partial charge in [0.05, 0.1) is 6.20 Å². The van der Waals surface area contributed by atoms with Crippen LogP contribution >= 0.6 is 0 Å². The highest BCUT2D eigenvalue weighted by atomic mass is 16.2. The van der Waals surface area contributed by atoms with Crippen LogP contribution in [-0.4, -0.2) is 33.6 Å². The summed E-state index contributed by atoms with van der Waals surface area (Å²) in [6, 6.07) is 0.406. The van der Waals surface area contributed by atoms with Gasteiger partial charge in [-0.3, -0.25) is 9.89 Å². The molecule has 4 nitrogen and oxygen atoms in total. The largest absolute Gasteiger partial charge is 0.334 e. The summed E-state index contributed by atoms with van der Waals surface area (Å²) in [5, 5.41) is 6.72. The SMILES string of the molecule is CCC1CCCCN1C(=O)c1[nH]ncc1C. The minimum Gasteiger partial charge on any atom is -0.334 e. The van der Waals surface area contributed by atoms with E-state index in [1.54, 1.807) is 6.20 Å². The number of aryl methyl sites for hydroxylation is 1. The lowest BCUT2D eigenvalue weighted by Gasteiger charge is -2.35. The number of amides is 1. The normalized spacial score (nSPS) is 21.1. The molecule has 1 unspecified atom stereocenters. The van der Waals surface area contributed by atoms with Crippen molar-refractivity contribution in [3.8, 4) is 0 Å². The Morgan fingerprint density at radius 3 is 3.06 bits per heavy atom. The lowest BCUT2D eigenvalue weighted by atomic mass is 9.99. The topological polar surface area (TPSA) is 49.0 Å². The molecular weight excluding hydrogens is 202 g/mol. The van der Waals surface area contributed by atoms with Gasteiger partial charge < -0.3 is 4.90 Å². The summed E-state index contributed by atoms with van der Waals surface area (Å²) in [4.78, 5) is 14.3. The molecule has 4 heteroatoms. The molecule has 1 aromatic rings. The number of carbonyl (C=O) groups is 1. The standard InChI is InChI=1S/C12H19N3O/c1-3-10-6-4-5-7-15(10)12(16)11-9(2)8-13-14-11/h8,10H,3-7H2,1-2H3,(H,13,14). The Bertz CT molecular complexity index is 372. The summed E-state index contributed by atoms with van der Waals surface area (Å²) < 4.78 is 0. The third-order valence-corrected chi connectivity index (χ3v) is 3.40. The van der Waals surface area contributed by atoms with Gasteiger partial charge >= 0.3 is 0 Å². The van der Waals surface area contributed by atoms with Gasteiger partial charge in [-0.05, 0) is 38.2 Å². The van der Waals surface area contributed by atoms with Crippen LogP contribution < -0.4 is 0 Å². The Labute approximate surface area is 96.0 Å². The summed E-state index contributed by atoms with van der Waals surface area (Å²) in [6.07, 6.45) is 6.24. The van der Waals surface area contributed by atoms with Crippen molar-refractivity contribution in [3.63, 3.8) is 0 Å². The van der Waals surface area contributed by atoms with Crippen LogP contribution in [0.5, 0.6) is 0 Å². The average Bonchev–Trinajstić information content (AvgIpc) is 2.74. The third-order valence-electron chi connectivity index (χ3n) is 3.40. The zero-order chi connectivity index (χ0) is 11.5. The second-order valence-electron chi connectivity index (χ2n) is 4.48. The number of rotatable bonds is 2. The first kappa shape index (κ1) is 11.2. The van der Waals surface area contributed by atoms with E-state index in [0.717, 1.165) is 31.4 Å². The van der Waals surface area contributed by atoms with Crippen LogP contribution in [0.15, 0.2) is 6.20 Å². The summed E-state index contributed by atoms with van der Waals surface area (Å²) in [5.74, 6) is 0.113. The van der Waals surface area contributed by atoms with Gasteiger partial charge in [-0.15, -0.1) is 0 Å². The van der Waals surface area contributed by atoms with Crippen molar-refractivity contribution in [1.29, 1.82) is 0 Å². The van der Waals surface area contributed by atoms with E-state index in [1.165, 1.54) is 6.42 Å². The van der Waals surface area contributed by atoms with Crippen LogP contribution in [0, 0.1) is 6.92 Å². The molecule has 1 aromatic heterocycles. The monoisotopic (exact) mass is 221 g/mol. The van der Waals surface area contributed by atoms with E-state index in [-0.39, 0.29) is 5.91 Å². The van der Waals surface area contributed by atoms with Crippen molar-refractivity contribution in [2.45, 2.75) is 45.6 Å². The molecule has 1 aliphatic heterocycles. The predicted molar refractivity (Wildman–Crippen MR) is 62.3 cm³/mol. The highest BCUT2D eigenvalue weighted by Crippen LogP contribution is 2.21. The molecule has 0 spiro atoms. The number of nitrogens with zero attached hydrogens (tertiary/aromatic N) is 2. The predicted octanol–water partition coefficient (Wildman–Crippen LogP) is 2.12. The molecule has 0 aromatic carbocycles. The lowest BCUT2D eigenvalue weighted by molar-refractivity contribution is 0.0601. The summed E-state index contributed by atoms with van der Waals surface area (Å²) >= 11 is 0. The number of aromatic nitrogens is 2. The summed E-state index contributed by atoms with van der Waals surface area (Å²) in [5.41, 5.74) is 1.59. The van der Waals surface area contributed by atoms with Gasteiger partial charge in [-0.1, -0.05) is 6.92 Å². The first-order valence-electron chi connectivity index (χ1n) is 6.05. The first-order valence-corrected chi connectivity index (χ1v) is 6.05. The van der Waals surface area contributed by atoms with E-state index in [0.29, 0.717) is 11.7 Å². The van der Waals surface area contributed by atoms with Crippen molar-refractivity contribution in [2.75, 3.05) is 6.54 Å². The van der Waals surface area contributed by atoms with Crippen LogP contribution in [0.3, 0.4) is 0 Å². The van der Waals surface area contributed by atoms with Gasteiger partial charge in [-0.2, -0.15) is 5.10 Å². The molecule has 1 N–H and O–H groups in total. The van der Waals surface area contributed by atoms with E-state index < -0.39 is 0 Å². The number of likely N-dealkylation sites (tertiary alicyclic amines) is 1. The number of aromatic amines is 1. The van der Waals surface area contributed by atoms with Crippen LogP contribution in [0.25, 0.3) is 0 Å². The zero-order valence-corrected chi connectivity index (χ0v) is 9.99. The van der Waals surface area contributed by atoms with E-state index >= 15 is 0 Å². The highest BCUT2D eigenvalue weighted by molar-refractivity contribution is 5.93. The third kappa shape index (κ3) is 1.96. The van der Waals surface area contributed by atoms with Crippen molar-refractivity contribution < 1.29 is 4.79 Å². The zero-order valence-electron chi connectivity index (χ0n) is 9.99. The number of nitrogens with one attached hydrogen (secondary N) is 1. The van der Waals surface area contributed by atoms with E-state index in [1.807, 2.05) is 11.8 Å². The van der Waals surface area contributed by atoms with Crippen molar-refractivity contribution in [3.05, 3.63) is 17.5 Å². The number of carbonyl (C=O) groups excluding carboxylic acids is 1. The Morgan fingerprint density at radius 2 is 2.44 bits per heavy atom. The average molecular weight is 221 g/mol. The van der Waals surface area contributed by atoms with Crippen LogP contribution in [-0.2, 0) is 0 Å². The Kier molecular flexibility index (Phi) is 3.27. The minimum atomic E-state index is 0.113. The summed E-state index contributed by atoms with van der Waals surface area (Å²) in [6.45, 7) is 4.95. The number of hydrogen-bond donors (Lipinski definition) is 1. The second-order valence-corrected chi connectivity index (χ2v) is 4.48. The van der Waals surface area contributed by atoms with Gasteiger partial charge in [-0.25, -0.2) is 0 Å². The smallest absolute Gasteiger partial charge is 0.272 e.